The lowest BCUT2D eigenvalue weighted by Gasteiger charge is -2.35. The van der Waals surface area contributed by atoms with Gasteiger partial charge < -0.3 is 29.9 Å². The van der Waals surface area contributed by atoms with Crippen molar-refractivity contribution in [1.82, 2.24) is 20.3 Å². The van der Waals surface area contributed by atoms with Crippen LogP contribution in [0.2, 0.25) is 0 Å². The first-order valence-corrected chi connectivity index (χ1v) is 13.8. The Bertz CT molecular complexity index is 1930. The Morgan fingerprint density at radius 2 is 1.95 bits per heavy atom. The lowest BCUT2D eigenvalue weighted by atomic mass is 9.74. The molecule has 226 valence electrons. The number of imidazole rings is 1. The van der Waals surface area contributed by atoms with E-state index in [1.165, 1.54) is 31.4 Å². The SMILES string of the molecule is CNC(=O)c1c(Oc2ccc(F)c(-c3nc([C@@]4(C)CCOc5c(CCC(=O)O)cccc54)c[nH]3)c2)c(F)c(F)c2[nH]ccc12. The Morgan fingerprint density at radius 1 is 1.14 bits per heavy atom. The van der Waals surface area contributed by atoms with Crippen molar-refractivity contribution in [3.05, 3.63) is 94.7 Å². The first kappa shape index (κ1) is 28.8. The van der Waals surface area contributed by atoms with Gasteiger partial charge in [0.25, 0.3) is 5.91 Å². The van der Waals surface area contributed by atoms with E-state index < -0.39 is 40.5 Å². The molecule has 0 fully saturated rings. The fraction of sp³-hybridized carbons (Fsp3) is 0.219. The lowest BCUT2D eigenvalue weighted by molar-refractivity contribution is -0.136. The van der Waals surface area contributed by atoms with Crippen molar-refractivity contribution < 1.29 is 37.3 Å². The molecule has 1 amide bonds. The van der Waals surface area contributed by atoms with E-state index in [9.17, 15) is 14.0 Å². The topological polar surface area (TPSA) is 129 Å². The maximum absolute atomic E-state index is 15.2. The molecule has 0 spiro atoms. The number of rotatable bonds is 8. The van der Waals surface area contributed by atoms with Crippen LogP contribution >= 0.6 is 0 Å². The summed E-state index contributed by atoms with van der Waals surface area (Å²) in [6, 6.07) is 10.6. The normalized spacial score (nSPS) is 15.9. The van der Waals surface area contributed by atoms with Gasteiger partial charge in [0.05, 0.1) is 28.9 Å². The summed E-state index contributed by atoms with van der Waals surface area (Å²) in [7, 11) is 1.35. The molecule has 3 heterocycles. The first-order chi connectivity index (χ1) is 21.1. The number of halogens is 3. The predicted octanol–water partition coefficient (Wildman–Crippen LogP) is 6.23. The third-order valence-electron chi connectivity index (χ3n) is 8.01. The van der Waals surface area contributed by atoms with E-state index in [1.54, 1.807) is 6.20 Å². The summed E-state index contributed by atoms with van der Waals surface area (Å²) in [4.78, 5) is 34.2. The molecule has 0 bridgehead atoms. The molecule has 0 saturated carbocycles. The largest absolute Gasteiger partial charge is 0.493 e. The molecule has 0 aliphatic carbocycles. The smallest absolute Gasteiger partial charge is 0.303 e. The Kier molecular flexibility index (Phi) is 7.28. The molecule has 0 saturated heterocycles. The summed E-state index contributed by atoms with van der Waals surface area (Å²) < 4.78 is 56.9. The summed E-state index contributed by atoms with van der Waals surface area (Å²) in [6.07, 6.45) is 3.87. The Labute approximate surface area is 249 Å². The number of ether oxygens (including phenoxy) is 2. The van der Waals surface area contributed by atoms with E-state index in [0.29, 0.717) is 30.9 Å². The number of carbonyl (C=O) groups excluding carboxylic acids is 1. The van der Waals surface area contributed by atoms with Crippen LogP contribution in [0.25, 0.3) is 22.3 Å². The van der Waals surface area contributed by atoms with Crippen LogP contribution in [-0.4, -0.2) is 45.6 Å². The van der Waals surface area contributed by atoms with Crippen LogP contribution in [0, 0.1) is 17.5 Å². The molecule has 6 rings (SSSR count). The number of para-hydroxylation sites is 1. The van der Waals surface area contributed by atoms with Gasteiger partial charge >= 0.3 is 5.97 Å². The molecule has 3 aromatic carbocycles. The molecule has 2 aromatic heterocycles. The highest BCUT2D eigenvalue weighted by Gasteiger charge is 2.38. The van der Waals surface area contributed by atoms with E-state index in [2.05, 4.69) is 15.3 Å². The van der Waals surface area contributed by atoms with Gasteiger partial charge in [-0.25, -0.2) is 13.8 Å². The van der Waals surface area contributed by atoms with E-state index in [0.717, 1.165) is 17.2 Å². The number of carbonyl (C=O) groups is 2. The number of aryl methyl sites for hydroxylation is 1. The summed E-state index contributed by atoms with van der Waals surface area (Å²) in [5.74, 6) is -4.76. The highest BCUT2D eigenvalue weighted by molar-refractivity contribution is 6.09. The lowest BCUT2D eigenvalue weighted by Crippen LogP contribution is -2.32. The molecule has 1 aliphatic rings. The van der Waals surface area contributed by atoms with Crippen molar-refractivity contribution in [3.63, 3.8) is 0 Å². The second-order valence-electron chi connectivity index (χ2n) is 10.7. The monoisotopic (exact) mass is 604 g/mol. The number of nitrogens with zero attached hydrogens (tertiary/aromatic N) is 1. The van der Waals surface area contributed by atoms with Gasteiger partial charge in [-0.05, 0) is 49.6 Å². The standard InChI is InChI=1S/C32H27F3N4O5/c1-32(11-13-43-28-16(6-9-23(40)41)4-3-5-20(28)32)22-15-38-30(39-22)19-14-17(7-8-21(19)33)44-29-24(31(42)36-2)18-10-12-37-27(18)25(34)26(29)35/h3-5,7-8,10,12,14-15,37H,6,9,11,13H2,1-2H3,(H,36,42)(H,38,39)(H,40,41)/t32-/m0/s1. The van der Waals surface area contributed by atoms with E-state index in [4.69, 9.17) is 19.6 Å². The van der Waals surface area contributed by atoms with Crippen LogP contribution in [-0.2, 0) is 16.6 Å². The zero-order valence-electron chi connectivity index (χ0n) is 23.7. The van der Waals surface area contributed by atoms with Crippen LogP contribution < -0.4 is 14.8 Å². The summed E-state index contributed by atoms with van der Waals surface area (Å²) in [5.41, 5.74) is 1.18. The van der Waals surface area contributed by atoms with Gasteiger partial charge in [-0.1, -0.05) is 18.2 Å². The minimum atomic E-state index is -1.38. The third-order valence-corrected chi connectivity index (χ3v) is 8.01. The molecule has 9 nitrogen and oxygen atoms in total. The molecule has 0 radical (unpaired) electrons. The van der Waals surface area contributed by atoms with Crippen molar-refractivity contribution >= 4 is 22.8 Å². The van der Waals surface area contributed by atoms with Gasteiger partial charge in [0, 0.05) is 42.2 Å². The summed E-state index contributed by atoms with van der Waals surface area (Å²) >= 11 is 0. The Morgan fingerprint density at radius 3 is 2.73 bits per heavy atom. The molecule has 12 heteroatoms. The number of carboxylic acid groups (broad SMARTS) is 1. The van der Waals surface area contributed by atoms with E-state index in [1.807, 2.05) is 25.1 Å². The molecule has 44 heavy (non-hydrogen) atoms. The zero-order chi connectivity index (χ0) is 31.2. The number of aromatic amines is 2. The number of hydrogen-bond acceptors (Lipinski definition) is 5. The first-order valence-electron chi connectivity index (χ1n) is 13.8. The highest BCUT2D eigenvalue weighted by atomic mass is 19.2. The van der Waals surface area contributed by atoms with Crippen LogP contribution in [0.1, 0.15) is 46.9 Å². The van der Waals surface area contributed by atoms with Gasteiger partial charge in [0.2, 0.25) is 5.82 Å². The molecule has 4 N–H and O–H groups in total. The Balaban J connectivity index is 1.37. The molecule has 1 aliphatic heterocycles. The van der Waals surface area contributed by atoms with Crippen molar-refractivity contribution in [2.24, 2.45) is 0 Å². The fourth-order valence-corrected chi connectivity index (χ4v) is 5.64. The molecule has 5 aromatic rings. The van der Waals surface area contributed by atoms with Crippen molar-refractivity contribution in [2.75, 3.05) is 13.7 Å². The average Bonchev–Trinajstić information content (AvgIpc) is 3.71. The molecular weight excluding hydrogens is 577 g/mol. The minimum Gasteiger partial charge on any atom is -0.493 e. The van der Waals surface area contributed by atoms with Gasteiger partial charge in [-0.2, -0.15) is 4.39 Å². The number of nitrogens with one attached hydrogen (secondary N) is 3. The number of aliphatic carboxylic acids is 1. The maximum Gasteiger partial charge on any atom is 0.303 e. The predicted molar refractivity (Wildman–Crippen MR) is 155 cm³/mol. The van der Waals surface area contributed by atoms with Crippen molar-refractivity contribution in [1.29, 1.82) is 0 Å². The molecular formula is C32H27F3N4O5. The van der Waals surface area contributed by atoms with E-state index >= 15 is 8.78 Å². The van der Waals surface area contributed by atoms with Gasteiger partial charge in [0.1, 0.15) is 23.1 Å². The molecule has 1 atom stereocenters. The number of aromatic nitrogens is 3. The van der Waals surface area contributed by atoms with Gasteiger partial charge in [-0.15, -0.1) is 0 Å². The minimum absolute atomic E-state index is 0.00457. The fourth-order valence-electron chi connectivity index (χ4n) is 5.64. The van der Waals surface area contributed by atoms with Crippen molar-refractivity contribution in [2.45, 2.75) is 31.6 Å². The van der Waals surface area contributed by atoms with Crippen molar-refractivity contribution in [3.8, 4) is 28.6 Å². The number of fused-ring (bicyclic) bond motifs is 2. The maximum atomic E-state index is 15.2. The summed E-state index contributed by atoms with van der Waals surface area (Å²) in [6.45, 7) is 2.36. The number of amides is 1. The third kappa shape index (κ3) is 4.81. The van der Waals surface area contributed by atoms with Crippen LogP contribution in [0.5, 0.6) is 17.2 Å². The van der Waals surface area contributed by atoms with Gasteiger partial charge in [-0.3, -0.25) is 9.59 Å². The number of H-pyrrole nitrogens is 2. The summed E-state index contributed by atoms with van der Waals surface area (Å²) in [5, 5.41) is 11.7. The quantitative estimate of drug-likeness (QED) is 0.166. The number of benzene rings is 3. The Hall–Kier alpha value is -5.26. The number of carboxylic acids is 1. The highest BCUT2D eigenvalue weighted by Crippen LogP contribution is 2.45. The average molecular weight is 605 g/mol. The van der Waals surface area contributed by atoms with Crippen LogP contribution in [0.15, 0.2) is 54.9 Å². The second-order valence-corrected chi connectivity index (χ2v) is 10.7. The zero-order valence-corrected chi connectivity index (χ0v) is 23.7. The van der Waals surface area contributed by atoms with E-state index in [-0.39, 0.29) is 40.0 Å². The molecule has 0 unspecified atom stereocenters. The second kappa shape index (κ2) is 11.1. The van der Waals surface area contributed by atoms with Gasteiger partial charge in [0.15, 0.2) is 11.6 Å². The van der Waals surface area contributed by atoms with Crippen LogP contribution in [0.4, 0.5) is 13.2 Å². The van der Waals surface area contributed by atoms with Crippen LogP contribution in [0.3, 0.4) is 0 Å². The number of hydrogen-bond donors (Lipinski definition) is 4.